The fraction of sp³-hybridized carbons (Fsp3) is 0.294. The van der Waals surface area contributed by atoms with Gasteiger partial charge in [0.15, 0.2) is 0 Å². The molecule has 0 amide bonds. The number of fused-ring (bicyclic) bond motifs is 1. The highest BCUT2D eigenvalue weighted by atomic mass is 19.1. The van der Waals surface area contributed by atoms with Crippen LogP contribution < -0.4 is 10.6 Å². The van der Waals surface area contributed by atoms with Gasteiger partial charge in [-0.3, -0.25) is 0 Å². The molecule has 1 heterocycles. The van der Waals surface area contributed by atoms with Gasteiger partial charge in [0.25, 0.3) is 0 Å². The summed E-state index contributed by atoms with van der Waals surface area (Å²) in [4.78, 5) is 2.38. The Morgan fingerprint density at radius 2 is 2.00 bits per heavy atom. The number of hydrogen-bond acceptors (Lipinski definition) is 2. The molecule has 0 spiro atoms. The average molecular weight is 270 g/mol. The number of para-hydroxylation sites is 1. The molecule has 2 aromatic rings. The van der Waals surface area contributed by atoms with Gasteiger partial charge in [0.05, 0.1) is 0 Å². The van der Waals surface area contributed by atoms with Crippen molar-refractivity contribution in [2.75, 3.05) is 4.90 Å². The molecule has 104 valence electrons. The molecule has 0 aliphatic carbocycles. The summed E-state index contributed by atoms with van der Waals surface area (Å²) in [6.07, 6.45) is 1.06. The molecule has 2 aromatic carbocycles. The molecule has 0 saturated heterocycles. The average Bonchev–Trinajstić information content (AvgIpc) is 2.77. The van der Waals surface area contributed by atoms with Crippen molar-refractivity contribution < 1.29 is 4.39 Å². The van der Waals surface area contributed by atoms with E-state index in [4.69, 9.17) is 5.73 Å². The smallest absolute Gasteiger partial charge is 0.123 e. The monoisotopic (exact) mass is 270 g/mol. The zero-order valence-electron chi connectivity index (χ0n) is 11.6. The number of nitrogens with two attached hydrogens (primary N) is 1. The fourth-order valence-electron chi connectivity index (χ4n) is 2.99. The van der Waals surface area contributed by atoms with Crippen LogP contribution in [0.1, 0.15) is 23.6 Å². The molecule has 0 bridgehead atoms. The van der Waals surface area contributed by atoms with Gasteiger partial charge >= 0.3 is 0 Å². The van der Waals surface area contributed by atoms with Crippen molar-refractivity contribution in [3.8, 4) is 0 Å². The van der Waals surface area contributed by atoms with Crippen molar-refractivity contribution in [3.05, 3.63) is 65.0 Å². The van der Waals surface area contributed by atoms with E-state index >= 15 is 0 Å². The van der Waals surface area contributed by atoms with Crippen molar-refractivity contribution in [2.24, 2.45) is 5.73 Å². The number of nitrogens with zero attached hydrogens (tertiary/aromatic N) is 1. The van der Waals surface area contributed by atoms with Crippen LogP contribution in [0, 0.1) is 5.82 Å². The minimum absolute atomic E-state index is 0.218. The van der Waals surface area contributed by atoms with Gasteiger partial charge in [-0.1, -0.05) is 24.3 Å². The quantitative estimate of drug-likeness (QED) is 0.927. The van der Waals surface area contributed by atoms with Crippen LogP contribution in [0.4, 0.5) is 10.1 Å². The number of benzene rings is 2. The Kier molecular flexibility index (Phi) is 3.45. The molecule has 0 saturated carbocycles. The summed E-state index contributed by atoms with van der Waals surface area (Å²) in [6.45, 7) is 3.38. The predicted octanol–water partition coefficient (Wildman–Crippen LogP) is 3.24. The molecular formula is C17H19FN2. The van der Waals surface area contributed by atoms with E-state index < -0.39 is 0 Å². The highest BCUT2D eigenvalue weighted by Crippen LogP contribution is 2.33. The topological polar surface area (TPSA) is 29.3 Å². The van der Waals surface area contributed by atoms with Crippen molar-refractivity contribution in [3.63, 3.8) is 0 Å². The summed E-state index contributed by atoms with van der Waals surface area (Å²) in [5.41, 5.74) is 10.4. The van der Waals surface area contributed by atoms with Crippen molar-refractivity contribution in [1.82, 2.24) is 0 Å². The number of hydrogen-bond donors (Lipinski definition) is 1. The Hall–Kier alpha value is -1.87. The highest BCUT2D eigenvalue weighted by molar-refractivity contribution is 5.59. The molecule has 0 aromatic heterocycles. The van der Waals surface area contributed by atoms with Crippen molar-refractivity contribution >= 4 is 5.69 Å². The second-order valence-corrected chi connectivity index (χ2v) is 5.43. The molecule has 1 unspecified atom stereocenters. The molecule has 20 heavy (non-hydrogen) atoms. The molecule has 0 fully saturated rings. The molecule has 2 nitrogen and oxygen atoms in total. The number of anilines is 1. The van der Waals surface area contributed by atoms with Gasteiger partial charge in [0.2, 0.25) is 0 Å². The minimum Gasteiger partial charge on any atom is -0.364 e. The zero-order valence-corrected chi connectivity index (χ0v) is 11.6. The maximum Gasteiger partial charge on any atom is 0.123 e. The summed E-state index contributed by atoms with van der Waals surface area (Å²) < 4.78 is 13.3. The van der Waals surface area contributed by atoms with Gasteiger partial charge in [0, 0.05) is 24.8 Å². The van der Waals surface area contributed by atoms with Crippen molar-refractivity contribution in [1.29, 1.82) is 0 Å². The maximum atomic E-state index is 13.3. The van der Waals surface area contributed by atoms with Gasteiger partial charge in [-0.05, 0) is 48.2 Å². The Bertz CT molecular complexity index is 624. The number of halogens is 1. The third-order valence-corrected chi connectivity index (χ3v) is 4.08. The molecule has 1 aliphatic rings. The Morgan fingerprint density at radius 3 is 2.80 bits per heavy atom. The third kappa shape index (κ3) is 2.29. The molecule has 1 atom stereocenters. The lowest BCUT2D eigenvalue weighted by Crippen LogP contribution is -2.29. The summed E-state index contributed by atoms with van der Waals surface area (Å²) in [7, 11) is 0. The normalized spacial score (nSPS) is 17.4. The van der Waals surface area contributed by atoms with E-state index in [1.165, 1.54) is 17.3 Å². The van der Waals surface area contributed by atoms with Gasteiger partial charge < -0.3 is 10.6 Å². The lowest BCUT2D eigenvalue weighted by molar-refractivity contribution is 0.621. The van der Waals surface area contributed by atoms with Crippen LogP contribution in [0.3, 0.4) is 0 Å². The predicted molar refractivity (Wildman–Crippen MR) is 80.1 cm³/mol. The first-order chi connectivity index (χ1) is 9.69. The Labute approximate surface area is 119 Å². The van der Waals surface area contributed by atoms with Crippen LogP contribution in [-0.4, -0.2) is 6.04 Å². The van der Waals surface area contributed by atoms with Gasteiger partial charge in [-0.2, -0.15) is 0 Å². The van der Waals surface area contributed by atoms with Crippen LogP contribution in [0.25, 0.3) is 0 Å². The summed E-state index contributed by atoms with van der Waals surface area (Å²) in [5, 5.41) is 0. The largest absolute Gasteiger partial charge is 0.364 e. The van der Waals surface area contributed by atoms with E-state index in [0.717, 1.165) is 24.1 Å². The molecule has 3 heteroatoms. The lowest BCUT2D eigenvalue weighted by Gasteiger charge is -2.26. The highest BCUT2D eigenvalue weighted by Gasteiger charge is 2.25. The molecule has 2 N–H and O–H groups in total. The summed E-state index contributed by atoms with van der Waals surface area (Å²) in [5.74, 6) is -0.218. The summed E-state index contributed by atoms with van der Waals surface area (Å²) >= 11 is 0. The Morgan fingerprint density at radius 1 is 1.20 bits per heavy atom. The second-order valence-electron chi connectivity index (χ2n) is 5.43. The van der Waals surface area contributed by atoms with E-state index in [1.54, 1.807) is 6.07 Å². The SMILES string of the molecule is CC1Cc2ccccc2N1Cc1ccc(F)cc1CN. The maximum absolute atomic E-state index is 13.3. The van der Waals surface area contributed by atoms with Crippen molar-refractivity contribution in [2.45, 2.75) is 32.5 Å². The third-order valence-electron chi connectivity index (χ3n) is 4.08. The first-order valence-corrected chi connectivity index (χ1v) is 7.01. The summed E-state index contributed by atoms with van der Waals surface area (Å²) in [6, 6.07) is 13.9. The lowest BCUT2D eigenvalue weighted by atomic mass is 10.1. The zero-order chi connectivity index (χ0) is 14.1. The van der Waals surface area contributed by atoms with E-state index in [-0.39, 0.29) is 5.82 Å². The van der Waals surface area contributed by atoms with Crippen LogP contribution in [0.2, 0.25) is 0 Å². The molecule has 1 aliphatic heterocycles. The van der Waals surface area contributed by atoms with Crippen LogP contribution in [0.15, 0.2) is 42.5 Å². The van der Waals surface area contributed by atoms with E-state index in [9.17, 15) is 4.39 Å². The standard InChI is InChI=1S/C17H19FN2/c1-12-8-13-4-2-3-5-17(13)20(12)11-14-6-7-16(18)9-15(14)10-19/h2-7,9,12H,8,10-11,19H2,1H3. The number of rotatable bonds is 3. The van der Waals surface area contributed by atoms with E-state index in [1.807, 2.05) is 6.07 Å². The van der Waals surface area contributed by atoms with Crippen LogP contribution >= 0.6 is 0 Å². The van der Waals surface area contributed by atoms with E-state index in [0.29, 0.717) is 12.6 Å². The molecule has 0 radical (unpaired) electrons. The minimum atomic E-state index is -0.218. The molecular weight excluding hydrogens is 251 g/mol. The van der Waals surface area contributed by atoms with Gasteiger partial charge in [0.1, 0.15) is 5.82 Å². The van der Waals surface area contributed by atoms with Crippen LogP contribution in [-0.2, 0) is 19.5 Å². The van der Waals surface area contributed by atoms with E-state index in [2.05, 4.69) is 36.1 Å². The fourth-order valence-corrected chi connectivity index (χ4v) is 2.99. The van der Waals surface area contributed by atoms with Crippen LogP contribution in [0.5, 0.6) is 0 Å². The first kappa shape index (κ1) is 13.1. The second kappa shape index (κ2) is 5.25. The first-order valence-electron chi connectivity index (χ1n) is 7.01. The molecule has 3 rings (SSSR count). The Balaban J connectivity index is 1.92. The van der Waals surface area contributed by atoms with Gasteiger partial charge in [-0.15, -0.1) is 0 Å². The van der Waals surface area contributed by atoms with Gasteiger partial charge in [-0.25, -0.2) is 4.39 Å².